The Morgan fingerprint density at radius 3 is 1.35 bits per heavy atom. The van der Waals surface area contributed by atoms with Gasteiger partial charge in [0.1, 0.15) is 0 Å². The highest BCUT2D eigenvalue weighted by atomic mass is 19.4. The van der Waals surface area contributed by atoms with Crippen LogP contribution in [0.15, 0.2) is 152 Å². The Hall–Kier alpha value is -9.40. The molecular weight excluding hydrogens is 816 g/mol. The first-order chi connectivity index (χ1) is 31.5. The molecular formula is C55H28F3N7. The normalized spacial score (nSPS) is 11.3. The highest BCUT2D eigenvalue weighted by Gasteiger charge is 2.32. The van der Waals surface area contributed by atoms with E-state index in [4.69, 9.17) is 13.1 Å². The van der Waals surface area contributed by atoms with E-state index >= 15 is 0 Å². The van der Waals surface area contributed by atoms with Crippen LogP contribution in [0.5, 0.6) is 0 Å². The average Bonchev–Trinajstić information content (AvgIpc) is 3.85. The molecule has 0 saturated heterocycles. The van der Waals surface area contributed by atoms with Gasteiger partial charge in [-0.3, -0.25) is 0 Å². The Morgan fingerprint density at radius 1 is 0.477 bits per heavy atom. The third-order valence-electron chi connectivity index (χ3n) is 11.9. The lowest BCUT2D eigenvalue weighted by atomic mass is 9.93. The van der Waals surface area contributed by atoms with Gasteiger partial charge < -0.3 is 9.13 Å². The molecule has 0 radical (unpaired) electrons. The summed E-state index contributed by atoms with van der Waals surface area (Å²) in [5, 5.41) is 34.1. The van der Waals surface area contributed by atoms with E-state index in [0.717, 1.165) is 66.9 Å². The minimum atomic E-state index is -4.60. The van der Waals surface area contributed by atoms with E-state index in [1.165, 1.54) is 18.2 Å². The van der Waals surface area contributed by atoms with Gasteiger partial charge in [0.25, 0.3) is 0 Å². The topological polar surface area (TPSA) is 90.0 Å². The van der Waals surface area contributed by atoms with Crippen LogP contribution in [-0.4, -0.2) is 9.13 Å². The first kappa shape index (κ1) is 39.7. The molecule has 0 aliphatic heterocycles. The molecule has 0 amide bonds. The minimum Gasteiger partial charge on any atom is -0.308 e. The number of halogens is 3. The molecule has 0 bridgehead atoms. The van der Waals surface area contributed by atoms with Crippen molar-refractivity contribution in [2.24, 2.45) is 0 Å². The lowest BCUT2D eigenvalue weighted by Gasteiger charge is -2.22. The molecule has 10 heteroatoms. The molecule has 7 nitrogen and oxygen atoms in total. The molecule has 10 aromatic rings. The number of rotatable bonds is 5. The van der Waals surface area contributed by atoms with Gasteiger partial charge in [-0.1, -0.05) is 66.7 Å². The fourth-order valence-electron chi connectivity index (χ4n) is 9.06. The fraction of sp³-hybridized carbons (Fsp3) is 0.0364. The number of alkyl halides is 3. The summed E-state index contributed by atoms with van der Waals surface area (Å²) >= 11 is 0. The van der Waals surface area contributed by atoms with E-state index < -0.39 is 11.7 Å². The maximum Gasteiger partial charge on any atom is 0.416 e. The Bertz CT molecular complexity index is 3630. The van der Waals surface area contributed by atoms with E-state index in [2.05, 4.69) is 27.9 Å². The van der Waals surface area contributed by atoms with Crippen molar-refractivity contribution in [1.29, 1.82) is 15.8 Å². The van der Waals surface area contributed by atoms with Crippen LogP contribution in [0.1, 0.15) is 27.8 Å². The number of benzene rings is 8. The van der Waals surface area contributed by atoms with Crippen molar-refractivity contribution < 1.29 is 13.2 Å². The number of nitrogens with zero attached hydrogens (tertiary/aromatic N) is 7. The first-order valence-corrected chi connectivity index (χ1v) is 20.2. The second kappa shape index (κ2) is 15.2. The Labute approximate surface area is 370 Å². The van der Waals surface area contributed by atoms with Crippen molar-refractivity contribution in [3.63, 3.8) is 0 Å². The summed E-state index contributed by atoms with van der Waals surface area (Å²) in [5.41, 5.74) is 9.02. The predicted molar refractivity (Wildman–Crippen MR) is 248 cm³/mol. The largest absolute Gasteiger partial charge is 0.416 e. The molecule has 2 aromatic heterocycles. The van der Waals surface area contributed by atoms with Crippen LogP contribution in [0.25, 0.3) is 98.1 Å². The average molecular weight is 844 g/mol. The van der Waals surface area contributed by atoms with Gasteiger partial charge in [-0.05, 0) is 125 Å². The lowest BCUT2D eigenvalue weighted by molar-refractivity contribution is -0.137. The maximum absolute atomic E-state index is 14.3. The molecule has 0 aliphatic carbocycles. The molecule has 10 rings (SSSR count). The highest BCUT2D eigenvalue weighted by molar-refractivity contribution is 6.13. The number of hydrogen-bond donors (Lipinski definition) is 0. The molecule has 304 valence electrons. The van der Waals surface area contributed by atoms with Crippen LogP contribution in [0, 0.1) is 54.1 Å². The Kier molecular flexibility index (Phi) is 9.29. The summed E-state index contributed by atoms with van der Waals surface area (Å²) in [6.07, 6.45) is -4.60. The monoisotopic (exact) mass is 843 g/mol. The smallest absolute Gasteiger partial charge is 0.308 e. The van der Waals surface area contributed by atoms with Crippen LogP contribution in [-0.2, 0) is 6.18 Å². The number of fused-ring (bicyclic) bond motifs is 6. The molecule has 0 spiro atoms. The number of hydrogen-bond acceptors (Lipinski definition) is 3. The second-order valence-electron chi connectivity index (χ2n) is 15.7. The molecule has 0 saturated carbocycles. The van der Waals surface area contributed by atoms with Crippen molar-refractivity contribution in [1.82, 2.24) is 9.13 Å². The molecule has 0 atom stereocenters. The van der Waals surface area contributed by atoms with Crippen LogP contribution < -0.4 is 0 Å². The molecule has 8 aromatic carbocycles. The zero-order chi connectivity index (χ0) is 45.1. The van der Waals surface area contributed by atoms with Gasteiger partial charge >= 0.3 is 6.18 Å². The number of aryl methyl sites for hydroxylation is 1. The summed E-state index contributed by atoms with van der Waals surface area (Å²) < 4.78 is 47.1. The van der Waals surface area contributed by atoms with Gasteiger partial charge in [0.15, 0.2) is 11.4 Å². The van der Waals surface area contributed by atoms with Gasteiger partial charge in [-0.15, -0.1) is 0 Å². The van der Waals surface area contributed by atoms with Crippen LogP contribution in [0.2, 0.25) is 0 Å². The zero-order valence-electron chi connectivity index (χ0n) is 34.2. The van der Waals surface area contributed by atoms with Crippen LogP contribution >= 0.6 is 0 Å². The molecule has 2 heterocycles. The lowest BCUT2D eigenvalue weighted by Crippen LogP contribution is -2.08. The molecule has 65 heavy (non-hydrogen) atoms. The third-order valence-corrected chi connectivity index (χ3v) is 11.9. The van der Waals surface area contributed by atoms with Gasteiger partial charge in [0.05, 0.1) is 75.9 Å². The number of nitriles is 3. The summed E-state index contributed by atoms with van der Waals surface area (Å²) in [4.78, 5) is 7.20. The van der Waals surface area contributed by atoms with Crippen LogP contribution in [0.3, 0.4) is 0 Å². The van der Waals surface area contributed by atoms with Crippen LogP contribution in [0.4, 0.5) is 24.5 Å². The minimum absolute atomic E-state index is 0.291. The van der Waals surface area contributed by atoms with Crippen molar-refractivity contribution in [2.45, 2.75) is 13.1 Å². The van der Waals surface area contributed by atoms with Crippen molar-refractivity contribution in [2.75, 3.05) is 0 Å². The van der Waals surface area contributed by atoms with Crippen molar-refractivity contribution in [3.05, 3.63) is 202 Å². The molecule has 0 fully saturated rings. The summed E-state index contributed by atoms with van der Waals surface area (Å²) in [6.45, 7) is 17.1. The first-order valence-electron chi connectivity index (χ1n) is 20.2. The standard InChI is InChI=1S/C55H28F3N7/c1-32-18-40(55(56,57)58)14-17-43(32)54-52(64-48-10-6-4-8-44(48)46-15-12-36(27-50(46)64)38-19-33(29-59)21-41(25-38)62-2)23-35(31-61)24-53(54)65-49-11-7-5-9-45(49)47-16-13-37(28-51(47)65)39-20-34(30-60)22-42(26-39)63-3/h4-28H,1H3. The summed E-state index contributed by atoms with van der Waals surface area (Å²) in [6, 6.07) is 51.3. The van der Waals surface area contributed by atoms with Gasteiger partial charge in [0.2, 0.25) is 0 Å². The second-order valence-corrected chi connectivity index (χ2v) is 15.7. The number of para-hydroxylation sites is 2. The van der Waals surface area contributed by atoms with E-state index in [1.54, 1.807) is 43.3 Å². The van der Waals surface area contributed by atoms with E-state index in [-0.39, 0.29) is 0 Å². The molecule has 0 unspecified atom stereocenters. The quantitative estimate of drug-likeness (QED) is 0.162. The van der Waals surface area contributed by atoms with E-state index in [1.807, 2.05) is 94.1 Å². The molecule has 0 N–H and O–H groups in total. The summed E-state index contributed by atoms with van der Waals surface area (Å²) in [7, 11) is 0. The predicted octanol–water partition coefficient (Wildman–Crippen LogP) is 14.9. The SMILES string of the molecule is [C-]#[N+]c1cc(C#N)cc(-c2ccc3c4ccccc4n(-c4cc(C#N)cc(-n5c6ccccc6c6ccc(-c7cc(C#N)cc([N+]#[C-])c7)cc65)c4-c4ccc(C(F)(F)F)cc4C)c3c2)c1. The highest BCUT2D eigenvalue weighted by Crippen LogP contribution is 2.46. The molecule has 0 aliphatic rings. The van der Waals surface area contributed by atoms with Crippen molar-refractivity contribution >= 4 is 55.0 Å². The van der Waals surface area contributed by atoms with E-state index in [0.29, 0.717) is 67.3 Å². The van der Waals surface area contributed by atoms with Gasteiger partial charge in [0, 0.05) is 38.2 Å². The Morgan fingerprint density at radius 2 is 0.923 bits per heavy atom. The maximum atomic E-state index is 14.3. The van der Waals surface area contributed by atoms with Gasteiger partial charge in [-0.2, -0.15) is 29.0 Å². The number of aromatic nitrogens is 2. The fourth-order valence-corrected chi connectivity index (χ4v) is 9.06. The van der Waals surface area contributed by atoms with Crippen molar-refractivity contribution in [3.8, 4) is 63.0 Å². The Balaban J connectivity index is 1.36. The third kappa shape index (κ3) is 6.57. The summed E-state index contributed by atoms with van der Waals surface area (Å²) in [5.74, 6) is 0. The van der Waals surface area contributed by atoms with E-state index in [9.17, 15) is 29.0 Å². The van der Waals surface area contributed by atoms with Gasteiger partial charge in [-0.25, -0.2) is 9.69 Å². The zero-order valence-corrected chi connectivity index (χ0v) is 34.2.